The summed E-state index contributed by atoms with van der Waals surface area (Å²) in [4.78, 5) is 29.9. The summed E-state index contributed by atoms with van der Waals surface area (Å²) < 4.78 is 3.35. The van der Waals surface area contributed by atoms with Crippen molar-refractivity contribution in [2.24, 2.45) is 0 Å². The summed E-state index contributed by atoms with van der Waals surface area (Å²) in [7, 11) is 0. The van der Waals surface area contributed by atoms with Crippen LogP contribution in [0.4, 0.5) is 0 Å². The van der Waals surface area contributed by atoms with E-state index in [0.717, 1.165) is 43.5 Å². The average molecular weight is 461 g/mol. The zero-order valence-electron chi connectivity index (χ0n) is 19.4. The summed E-state index contributed by atoms with van der Waals surface area (Å²) in [5.41, 5.74) is 2.59. The molecule has 34 heavy (non-hydrogen) atoms. The Morgan fingerprint density at radius 2 is 1.59 bits per heavy atom. The minimum Gasteiger partial charge on any atom is -0.391 e. The predicted octanol–water partition coefficient (Wildman–Crippen LogP) is 2.89. The topological polar surface area (TPSA) is 79.5 Å². The molecule has 0 radical (unpaired) electrons. The predicted molar refractivity (Wildman–Crippen MR) is 132 cm³/mol. The van der Waals surface area contributed by atoms with Crippen LogP contribution >= 0.6 is 0 Å². The molecule has 0 spiro atoms. The number of rotatable bonds is 5. The standard InChI is InChI=1S/C27H32N4O3/c32-23-14-8-7-13-22(23)31-24(21-11-5-2-6-12-21)25(26(33)29-17-15-28-16-18-29)30(27(31)34)19-20-9-3-1-4-10-20/h1-6,9-12,22-23,28,32H,7-8,13-19H2/t22-,23-/m1/s1. The Balaban J connectivity index is 1.74. The lowest BCUT2D eigenvalue weighted by Gasteiger charge is -2.30. The molecule has 2 N–H and O–H groups in total. The largest absolute Gasteiger partial charge is 0.391 e. The van der Waals surface area contributed by atoms with Gasteiger partial charge in [0.25, 0.3) is 5.91 Å². The molecule has 2 aliphatic rings. The van der Waals surface area contributed by atoms with Crippen molar-refractivity contribution >= 4 is 5.91 Å². The zero-order valence-corrected chi connectivity index (χ0v) is 19.4. The van der Waals surface area contributed by atoms with Crippen LogP contribution in [0.5, 0.6) is 0 Å². The van der Waals surface area contributed by atoms with Gasteiger partial charge in [0.2, 0.25) is 0 Å². The minimum absolute atomic E-state index is 0.127. The Morgan fingerprint density at radius 1 is 0.941 bits per heavy atom. The second-order valence-electron chi connectivity index (χ2n) is 9.25. The molecule has 2 heterocycles. The molecule has 0 unspecified atom stereocenters. The van der Waals surface area contributed by atoms with E-state index in [9.17, 15) is 14.7 Å². The van der Waals surface area contributed by atoms with Crippen LogP contribution in [-0.2, 0) is 6.54 Å². The van der Waals surface area contributed by atoms with Crippen molar-refractivity contribution in [2.75, 3.05) is 26.2 Å². The van der Waals surface area contributed by atoms with Gasteiger partial charge in [-0.05, 0) is 18.4 Å². The van der Waals surface area contributed by atoms with Gasteiger partial charge in [-0.3, -0.25) is 13.9 Å². The molecule has 1 saturated carbocycles. The van der Waals surface area contributed by atoms with Gasteiger partial charge in [-0.15, -0.1) is 0 Å². The average Bonchev–Trinajstić information content (AvgIpc) is 3.17. The van der Waals surface area contributed by atoms with Gasteiger partial charge in [0.1, 0.15) is 5.69 Å². The van der Waals surface area contributed by atoms with E-state index in [-0.39, 0.29) is 17.6 Å². The lowest BCUT2D eigenvalue weighted by atomic mass is 9.92. The van der Waals surface area contributed by atoms with E-state index in [4.69, 9.17) is 0 Å². The maximum Gasteiger partial charge on any atom is 0.329 e. The molecule has 7 nitrogen and oxygen atoms in total. The lowest BCUT2D eigenvalue weighted by Crippen LogP contribution is -2.47. The number of aliphatic hydroxyl groups excluding tert-OH is 1. The van der Waals surface area contributed by atoms with E-state index in [1.165, 1.54) is 0 Å². The molecule has 2 aromatic carbocycles. The van der Waals surface area contributed by atoms with E-state index in [0.29, 0.717) is 37.4 Å². The summed E-state index contributed by atoms with van der Waals surface area (Å²) in [5.74, 6) is -0.127. The number of carbonyl (C=O) groups excluding carboxylic acids is 1. The van der Waals surface area contributed by atoms with E-state index >= 15 is 0 Å². The highest BCUT2D eigenvalue weighted by Crippen LogP contribution is 2.34. The molecule has 1 saturated heterocycles. The molecule has 2 fully saturated rings. The summed E-state index contributed by atoms with van der Waals surface area (Å²) >= 11 is 0. The molecule has 0 bridgehead atoms. The number of hydrogen-bond acceptors (Lipinski definition) is 4. The monoisotopic (exact) mass is 460 g/mol. The molecular weight excluding hydrogens is 428 g/mol. The third kappa shape index (κ3) is 4.33. The second kappa shape index (κ2) is 9.99. The van der Waals surface area contributed by atoms with Gasteiger partial charge in [-0.2, -0.15) is 0 Å². The third-order valence-electron chi connectivity index (χ3n) is 7.04. The number of nitrogens with zero attached hydrogens (tertiary/aromatic N) is 3. The summed E-state index contributed by atoms with van der Waals surface area (Å²) in [6.07, 6.45) is 2.68. The van der Waals surface area contributed by atoms with Crippen LogP contribution < -0.4 is 11.0 Å². The van der Waals surface area contributed by atoms with E-state index in [1.54, 1.807) is 9.13 Å². The molecule has 178 valence electrons. The van der Waals surface area contributed by atoms with Crippen molar-refractivity contribution in [1.29, 1.82) is 0 Å². The van der Waals surface area contributed by atoms with E-state index < -0.39 is 6.10 Å². The Hall–Kier alpha value is -3.16. The number of nitrogens with one attached hydrogen (secondary N) is 1. The van der Waals surface area contributed by atoms with Crippen molar-refractivity contribution in [1.82, 2.24) is 19.4 Å². The molecule has 2 atom stereocenters. The van der Waals surface area contributed by atoms with Crippen molar-refractivity contribution in [3.05, 3.63) is 82.4 Å². The molecule has 7 heteroatoms. The van der Waals surface area contributed by atoms with Crippen LogP contribution in [0, 0.1) is 0 Å². The normalized spacial score (nSPS) is 20.9. The van der Waals surface area contributed by atoms with Crippen molar-refractivity contribution < 1.29 is 9.90 Å². The second-order valence-corrected chi connectivity index (χ2v) is 9.25. The SMILES string of the molecule is O=C(c1c(-c2ccccc2)n([C@@H]2CCCC[C@H]2O)c(=O)n1Cc1ccccc1)N1CCNCC1. The molecule has 1 aliphatic carbocycles. The Morgan fingerprint density at radius 3 is 2.26 bits per heavy atom. The Labute approximate surface area is 199 Å². The fraction of sp³-hybridized carbons (Fsp3) is 0.407. The smallest absolute Gasteiger partial charge is 0.329 e. The van der Waals surface area contributed by atoms with Gasteiger partial charge in [0, 0.05) is 31.7 Å². The molecule has 1 aromatic heterocycles. The minimum atomic E-state index is -0.608. The number of aromatic nitrogens is 2. The number of benzene rings is 2. The molecule has 5 rings (SSSR count). The van der Waals surface area contributed by atoms with Crippen LogP contribution in [0.1, 0.15) is 47.8 Å². The number of carbonyl (C=O) groups is 1. The molecule has 1 aliphatic heterocycles. The Kier molecular flexibility index (Phi) is 6.65. The molecule has 3 aromatic rings. The van der Waals surface area contributed by atoms with Crippen molar-refractivity contribution in [2.45, 2.75) is 44.4 Å². The van der Waals surface area contributed by atoms with Crippen molar-refractivity contribution in [3.8, 4) is 11.3 Å². The van der Waals surface area contributed by atoms with Crippen LogP contribution in [0.25, 0.3) is 11.3 Å². The first-order valence-corrected chi connectivity index (χ1v) is 12.3. The van der Waals surface area contributed by atoms with Gasteiger partial charge >= 0.3 is 5.69 Å². The number of piperazine rings is 1. The highest BCUT2D eigenvalue weighted by molar-refractivity contribution is 5.99. The maximum absolute atomic E-state index is 14.1. The van der Waals surface area contributed by atoms with E-state index in [2.05, 4.69) is 5.32 Å². The lowest BCUT2D eigenvalue weighted by molar-refractivity contribution is 0.0719. The van der Waals surface area contributed by atoms with Gasteiger partial charge in [-0.25, -0.2) is 4.79 Å². The number of amides is 1. The van der Waals surface area contributed by atoms with E-state index in [1.807, 2.05) is 65.6 Å². The zero-order chi connectivity index (χ0) is 23.5. The first kappa shape index (κ1) is 22.6. The van der Waals surface area contributed by atoms with Gasteiger partial charge < -0.3 is 15.3 Å². The number of hydrogen-bond donors (Lipinski definition) is 2. The number of aliphatic hydroxyl groups is 1. The van der Waals surface area contributed by atoms with Crippen LogP contribution in [0.15, 0.2) is 65.5 Å². The fourth-order valence-corrected chi connectivity index (χ4v) is 5.28. The first-order valence-electron chi connectivity index (χ1n) is 12.3. The highest BCUT2D eigenvalue weighted by Gasteiger charge is 2.35. The summed E-state index contributed by atoms with van der Waals surface area (Å²) in [6.45, 7) is 2.98. The van der Waals surface area contributed by atoms with Crippen LogP contribution in [0.3, 0.4) is 0 Å². The van der Waals surface area contributed by atoms with Gasteiger partial charge in [0.05, 0.1) is 24.4 Å². The van der Waals surface area contributed by atoms with Crippen LogP contribution in [-0.4, -0.2) is 57.3 Å². The Bertz CT molecular complexity index is 1180. The quantitative estimate of drug-likeness (QED) is 0.614. The fourth-order valence-electron chi connectivity index (χ4n) is 5.28. The molecule has 1 amide bonds. The van der Waals surface area contributed by atoms with Gasteiger partial charge in [-0.1, -0.05) is 73.5 Å². The molecular formula is C27H32N4O3. The number of imidazole rings is 1. The first-order chi connectivity index (χ1) is 16.6. The van der Waals surface area contributed by atoms with Gasteiger partial charge in [0.15, 0.2) is 0 Å². The maximum atomic E-state index is 14.1. The third-order valence-corrected chi connectivity index (χ3v) is 7.04. The van der Waals surface area contributed by atoms with Crippen molar-refractivity contribution in [3.63, 3.8) is 0 Å². The highest BCUT2D eigenvalue weighted by atomic mass is 16.3. The summed E-state index contributed by atoms with van der Waals surface area (Å²) in [5, 5.41) is 14.2. The van der Waals surface area contributed by atoms with Crippen LogP contribution in [0.2, 0.25) is 0 Å². The summed E-state index contributed by atoms with van der Waals surface area (Å²) in [6, 6.07) is 19.1.